The van der Waals surface area contributed by atoms with Gasteiger partial charge in [0.15, 0.2) is 0 Å². The van der Waals surface area contributed by atoms with Crippen molar-refractivity contribution in [3.05, 3.63) is 100 Å². The van der Waals surface area contributed by atoms with Crippen LogP contribution in [-0.4, -0.2) is 16.7 Å². The van der Waals surface area contributed by atoms with E-state index in [1.807, 2.05) is 61.5 Å². The van der Waals surface area contributed by atoms with E-state index in [-0.39, 0.29) is 5.91 Å². The molecule has 0 N–H and O–H groups in total. The van der Waals surface area contributed by atoms with Gasteiger partial charge in [0.1, 0.15) is 11.5 Å². The molecule has 2 heterocycles. The van der Waals surface area contributed by atoms with Crippen molar-refractivity contribution in [2.45, 2.75) is 6.92 Å². The third kappa shape index (κ3) is 3.39. The van der Waals surface area contributed by atoms with Gasteiger partial charge in [0, 0.05) is 18.0 Å². The van der Waals surface area contributed by atoms with Crippen molar-refractivity contribution in [3.63, 3.8) is 0 Å². The third-order valence-corrected chi connectivity index (χ3v) is 4.61. The maximum Gasteiger partial charge on any atom is 0.282 e. The molecule has 27 heavy (non-hydrogen) atoms. The zero-order chi connectivity index (χ0) is 18.8. The van der Waals surface area contributed by atoms with Crippen LogP contribution < -0.4 is 4.90 Å². The molecule has 0 unspecified atom stereocenters. The molecule has 5 heteroatoms. The molecule has 0 aliphatic carbocycles. The molecular formula is C22H16ClN3O. The summed E-state index contributed by atoms with van der Waals surface area (Å²) in [4.78, 5) is 23.4. The highest BCUT2D eigenvalue weighted by Crippen LogP contribution is 2.30. The van der Waals surface area contributed by atoms with Crippen LogP contribution in [0.15, 0.2) is 83.7 Å². The Bertz CT molecular complexity index is 1060. The van der Waals surface area contributed by atoms with Gasteiger partial charge in [-0.3, -0.25) is 14.7 Å². The number of carbonyl (C=O) groups is 1. The van der Waals surface area contributed by atoms with Gasteiger partial charge in [-0.15, -0.1) is 0 Å². The lowest BCUT2D eigenvalue weighted by molar-refractivity contribution is -0.113. The van der Waals surface area contributed by atoms with Gasteiger partial charge in [-0.05, 0) is 55.0 Å². The topological polar surface area (TPSA) is 45.6 Å². The van der Waals surface area contributed by atoms with Crippen LogP contribution in [0.25, 0.3) is 6.08 Å². The second-order valence-electron chi connectivity index (χ2n) is 6.20. The van der Waals surface area contributed by atoms with E-state index in [2.05, 4.69) is 9.98 Å². The molecule has 0 fully saturated rings. The molecule has 0 saturated carbocycles. The molecule has 1 aromatic heterocycles. The number of anilines is 1. The molecule has 132 valence electrons. The van der Waals surface area contributed by atoms with Crippen LogP contribution in [0.3, 0.4) is 0 Å². The Hall–Kier alpha value is -3.24. The molecule has 1 amide bonds. The highest BCUT2D eigenvalue weighted by molar-refractivity contribution is 6.39. The SMILES string of the molecule is Cc1ccc(N2C(=O)/C(=C\c3ccncc3)N=C2c2ccccc2Cl)cc1. The van der Waals surface area contributed by atoms with E-state index in [4.69, 9.17) is 11.6 Å². The Kier molecular flexibility index (Phi) is 4.57. The number of aryl methyl sites for hydroxylation is 1. The molecule has 0 saturated heterocycles. The summed E-state index contributed by atoms with van der Waals surface area (Å²) in [5.41, 5.74) is 3.81. The molecular weight excluding hydrogens is 358 g/mol. The van der Waals surface area contributed by atoms with Crippen molar-refractivity contribution in [2.24, 2.45) is 4.99 Å². The normalized spacial score (nSPS) is 15.3. The quantitative estimate of drug-likeness (QED) is 0.614. The molecule has 2 aromatic carbocycles. The number of aliphatic imine (C=N–C) groups is 1. The van der Waals surface area contributed by atoms with Gasteiger partial charge in [-0.1, -0.05) is 41.4 Å². The fourth-order valence-corrected chi connectivity index (χ4v) is 3.11. The first kappa shape index (κ1) is 17.2. The lowest BCUT2D eigenvalue weighted by Crippen LogP contribution is -2.32. The minimum atomic E-state index is -0.189. The number of carbonyl (C=O) groups excluding carboxylic acids is 1. The summed E-state index contributed by atoms with van der Waals surface area (Å²) >= 11 is 6.39. The molecule has 0 radical (unpaired) electrons. The summed E-state index contributed by atoms with van der Waals surface area (Å²) < 4.78 is 0. The Labute approximate surface area is 162 Å². The largest absolute Gasteiger partial charge is 0.282 e. The third-order valence-electron chi connectivity index (χ3n) is 4.28. The Balaban J connectivity index is 1.85. The summed E-state index contributed by atoms with van der Waals surface area (Å²) in [6.07, 6.45) is 5.12. The summed E-state index contributed by atoms with van der Waals surface area (Å²) in [6.45, 7) is 2.01. The number of nitrogens with zero attached hydrogens (tertiary/aromatic N) is 3. The predicted octanol–water partition coefficient (Wildman–Crippen LogP) is 4.88. The zero-order valence-electron chi connectivity index (χ0n) is 14.6. The minimum absolute atomic E-state index is 0.189. The van der Waals surface area contributed by atoms with Crippen LogP contribution in [-0.2, 0) is 4.79 Å². The standard InChI is InChI=1S/C22H16ClN3O/c1-15-6-8-17(9-7-15)26-21(18-4-2-3-5-19(18)23)25-20(22(26)27)14-16-10-12-24-13-11-16/h2-14H,1H3/b20-14+. The monoisotopic (exact) mass is 373 g/mol. The Morgan fingerprint density at radius 3 is 2.37 bits per heavy atom. The van der Waals surface area contributed by atoms with Gasteiger partial charge < -0.3 is 0 Å². The molecule has 1 aliphatic heterocycles. The fraction of sp³-hybridized carbons (Fsp3) is 0.0455. The highest BCUT2D eigenvalue weighted by atomic mass is 35.5. The molecule has 4 nitrogen and oxygen atoms in total. The van der Waals surface area contributed by atoms with Crippen LogP contribution in [0.4, 0.5) is 5.69 Å². The summed E-state index contributed by atoms with van der Waals surface area (Å²) in [7, 11) is 0. The average Bonchev–Trinajstić information content (AvgIpc) is 3.00. The van der Waals surface area contributed by atoms with E-state index in [0.717, 1.165) is 16.8 Å². The number of hydrogen-bond donors (Lipinski definition) is 0. The van der Waals surface area contributed by atoms with Crippen LogP contribution in [0.5, 0.6) is 0 Å². The van der Waals surface area contributed by atoms with E-state index in [9.17, 15) is 4.79 Å². The van der Waals surface area contributed by atoms with E-state index < -0.39 is 0 Å². The van der Waals surface area contributed by atoms with Gasteiger partial charge in [-0.2, -0.15) is 0 Å². The van der Waals surface area contributed by atoms with Crippen molar-refractivity contribution in [3.8, 4) is 0 Å². The van der Waals surface area contributed by atoms with Gasteiger partial charge in [0.25, 0.3) is 5.91 Å². The van der Waals surface area contributed by atoms with Crippen molar-refractivity contribution in [1.29, 1.82) is 0 Å². The lowest BCUT2D eigenvalue weighted by Gasteiger charge is -2.19. The second-order valence-corrected chi connectivity index (χ2v) is 6.61. The predicted molar refractivity (Wildman–Crippen MR) is 109 cm³/mol. The van der Waals surface area contributed by atoms with Crippen molar-refractivity contribution >= 4 is 35.1 Å². The number of benzene rings is 2. The van der Waals surface area contributed by atoms with E-state index in [0.29, 0.717) is 22.1 Å². The number of pyridine rings is 1. The number of amidine groups is 1. The number of halogens is 1. The summed E-state index contributed by atoms with van der Waals surface area (Å²) in [5, 5.41) is 0.548. The maximum atomic E-state index is 13.2. The van der Waals surface area contributed by atoms with Gasteiger partial charge in [0.05, 0.1) is 10.7 Å². The average molecular weight is 374 g/mol. The second kappa shape index (κ2) is 7.17. The molecule has 0 atom stereocenters. The number of hydrogen-bond acceptors (Lipinski definition) is 3. The maximum absolute atomic E-state index is 13.2. The molecule has 1 aliphatic rings. The molecule has 0 bridgehead atoms. The van der Waals surface area contributed by atoms with Crippen molar-refractivity contribution in [2.75, 3.05) is 4.90 Å². The zero-order valence-corrected chi connectivity index (χ0v) is 15.4. The molecule has 3 aromatic rings. The Morgan fingerprint density at radius 1 is 0.963 bits per heavy atom. The van der Waals surface area contributed by atoms with Gasteiger partial charge >= 0.3 is 0 Å². The summed E-state index contributed by atoms with van der Waals surface area (Å²) in [6, 6.07) is 18.8. The van der Waals surface area contributed by atoms with Crippen molar-refractivity contribution in [1.82, 2.24) is 4.98 Å². The first-order valence-electron chi connectivity index (χ1n) is 8.50. The lowest BCUT2D eigenvalue weighted by atomic mass is 10.1. The summed E-state index contributed by atoms with van der Waals surface area (Å²) in [5.74, 6) is 0.334. The van der Waals surface area contributed by atoms with Crippen LogP contribution in [0.2, 0.25) is 5.02 Å². The van der Waals surface area contributed by atoms with Crippen LogP contribution >= 0.6 is 11.6 Å². The number of aromatic nitrogens is 1. The highest BCUT2D eigenvalue weighted by Gasteiger charge is 2.33. The first-order valence-corrected chi connectivity index (χ1v) is 8.88. The van der Waals surface area contributed by atoms with Gasteiger partial charge in [0.2, 0.25) is 0 Å². The minimum Gasteiger partial charge on any atom is -0.266 e. The Morgan fingerprint density at radius 2 is 1.67 bits per heavy atom. The van der Waals surface area contributed by atoms with Crippen LogP contribution in [0.1, 0.15) is 16.7 Å². The number of amides is 1. The smallest absolute Gasteiger partial charge is 0.266 e. The van der Waals surface area contributed by atoms with E-state index in [1.54, 1.807) is 29.4 Å². The van der Waals surface area contributed by atoms with Gasteiger partial charge in [-0.25, -0.2) is 4.99 Å². The van der Waals surface area contributed by atoms with E-state index >= 15 is 0 Å². The molecule has 4 rings (SSSR count). The van der Waals surface area contributed by atoms with E-state index in [1.165, 1.54) is 0 Å². The molecule has 0 spiro atoms. The van der Waals surface area contributed by atoms with Crippen LogP contribution in [0, 0.1) is 6.92 Å². The first-order chi connectivity index (χ1) is 13.1. The van der Waals surface area contributed by atoms with Crippen molar-refractivity contribution < 1.29 is 4.79 Å². The fourth-order valence-electron chi connectivity index (χ4n) is 2.89. The number of rotatable bonds is 3.